The molecule has 0 saturated heterocycles. The summed E-state index contributed by atoms with van der Waals surface area (Å²) in [5, 5.41) is 0.395. The highest BCUT2D eigenvalue weighted by Crippen LogP contribution is 2.44. The number of aryl methyl sites for hydroxylation is 1. The molecule has 3 aromatic heterocycles. The summed E-state index contributed by atoms with van der Waals surface area (Å²) in [6.07, 6.45) is -6.97. The first-order valence-corrected chi connectivity index (χ1v) is 12.2. The van der Waals surface area contributed by atoms with E-state index in [4.69, 9.17) is 4.74 Å². The predicted molar refractivity (Wildman–Crippen MR) is 118 cm³/mol. The van der Waals surface area contributed by atoms with Gasteiger partial charge in [-0.25, -0.2) is 27.2 Å². The van der Waals surface area contributed by atoms with Crippen molar-refractivity contribution in [3.8, 4) is 17.3 Å². The standard InChI is InChI=1S/C22H17F7N4O3S/c1-3-37(34,35)18-14-5-4-13(36-10-16(23)24)6-11(14)8-30-17(18)20-32-15-7-12(9-31-19(15)33(20)2)21(25,26)22(27,28)29/h4-9,16H,3,10H2,1-2H3. The molecule has 0 aliphatic carbocycles. The first kappa shape index (κ1) is 26.6. The van der Waals surface area contributed by atoms with E-state index in [0.29, 0.717) is 12.3 Å². The Labute approximate surface area is 204 Å². The Kier molecular flexibility index (Phi) is 6.55. The van der Waals surface area contributed by atoms with Crippen LogP contribution in [0.4, 0.5) is 30.7 Å². The molecular formula is C22H17F7N4O3S. The molecule has 0 amide bonds. The van der Waals surface area contributed by atoms with Crippen molar-refractivity contribution in [1.82, 2.24) is 19.5 Å². The lowest BCUT2D eigenvalue weighted by Gasteiger charge is -2.19. The highest BCUT2D eigenvalue weighted by Gasteiger charge is 2.59. The Morgan fingerprint density at radius 1 is 1.05 bits per heavy atom. The number of ether oxygens (including phenoxy) is 1. The van der Waals surface area contributed by atoms with Crippen LogP contribution in [0.5, 0.6) is 5.75 Å². The summed E-state index contributed by atoms with van der Waals surface area (Å²) in [6, 6.07) is 4.49. The lowest BCUT2D eigenvalue weighted by atomic mass is 10.1. The van der Waals surface area contributed by atoms with E-state index in [-0.39, 0.29) is 49.9 Å². The Morgan fingerprint density at radius 2 is 1.76 bits per heavy atom. The Balaban J connectivity index is 1.93. The first-order chi connectivity index (χ1) is 17.2. The molecule has 37 heavy (non-hydrogen) atoms. The number of pyridine rings is 2. The van der Waals surface area contributed by atoms with Crippen LogP contribution in [0.25, 0.3) is 33.5 Å². The second kappa shape index (κ2) is 9.11. The third-order valence-electron chi connectivity index (χ3n) is 5.52. The topological polar surface area (TPSA) is 87.0 Å². The monoisotopic (exact) mass is 550 g/mol. The molecule has 0 aliphatic rings. The molecule has 0 saturated carbocycles. The number of nitrogens with zero attached hydrogens (tertiary/aromatic N) is 4. The van der Waals surface area contributed by atoms with E-state index in [1.807, 2.05) is 0 Å². The van der Waals surface area contributed by atoms with Gasteiger partial charge in [0.2, 0.25) is 0 Å². The number of rotatable bonds is 7. The number of halogens is 7. The minimum Gasteiger partial charge on any atom is -0.488 e. The third-order valence-corrected chi connectivity index (χ3v) is 7.32. The van der Waals surface area contributed by atoms with Crippen molar-refractivity contribution in [1.29, 1.82) is 0 Å². The Morgan fingerprint density at radius 3 is 2.38 bits per heavy atom. The molecule has 0 aliphatic heterocycles. The van der Waals surface area contributed by atoms with Crippen molar-refractivity contribution in [3.63, 3.8) is 0 Å². The zero-order valence-corrected chi connectivity index (χ0v) is 19.8. The van der Waals surface area contributed by atoms with Gasteiger partial charge in [0, 0.05) is 30.2 Å². The van der Waals surface area contributed by atoms with Gasteiger partial charge in [-0.2, -0.15) is 22.0 Å². The maximum atomic E-state index is 13.9. The van der Waals surface area contributed by atoms with Crippen LogP contribution in [-0.4, -0.2) is 52.9 Å². The van der Waals surface area contributed by atoms with E-state index in [0.717, 1.165) is 0 Å². The molecule has 0 fully saturated rings. The normalized spacial score (nSPS) is 13.1. The molecule has 0 atom stereocenters. The number of imidazole rings is 1. The molecule has 0 radical (unpaired) electrons. The summed E-state index contributed by atoms with van der Waals surface area (Å²) in [7, 11) is -2.64. The van der Waals surface area contributed by atoms with Gasteiger partial charge in [0.05, 0.1) is 11.3 Å². The maximum absolute atomic E-state index is 13.9. The van der Waals surface area contributed by atoms with Gasteiger partial charge in [0.15, 0.2) is 21.3 Å². The van der Waals surface area contributed by atoms with Gasteiger partial charge < -0.3 is 9.30 Å². The molecule has 0 spiro atoms. The van der Waals surface area contributed by atoms with Crippen molar-refractivity contribution in [2.24, 2.45) is 7.05 Å². The van der Waals surface area contributed by atoms with E-state index >= 15 is 0 Å². The van der Waals surface area contributed by atoms with Crippen molar-refractivity contribution < 1.29 is 43.9 Å². The molecular weight excluding hydrogens is 533 g/mol. The minimum absolute atomic E-state index is 0.0484. The molecule has 4 aromatic rings. The Hall–Kier alpha value is -3.49. The van der Waals surface area contributed by atoms with Crippen LogP contribution >= 0.6 is 0 Å². The molecule has 3 heterocycles. The number of hydrogen-bond acceptors (Lipinski definition) is 6. The highest BCUT2D eigenvalue weighted by molar-refractivity contribution is 7.91. The van der Waals surface area contributed by atoms with Gasteiger partial charge in [-0.15, -0.1) is 0 Å². The van der Waals surface area contributed by atoms with E-state index in [1.165, 1.54) is 42.9 Å². The predicted octanol–water partition coefficient (Wildman–Crippen LogP) is 5.28. The lowest BCUT2D eigenvalue weighted by Crippen LogP contribution is -2.33. The first-order valence-electron chi connectivity index (χ1n) is 10.5. The second-order valence-corrected chi connectivity index (χ2v) is 10.1. The average Bonchev–Trinajstić information content (AvgIpc) is 3.16. The van der Waals surface area contributed by atoms with E-state index in [2.05, 4.69) is 15.0 Å². The smallest absolute Gasteiger partial charge is 0.458 e. The number of fused-ring (bicyclic) bond motifs is 2. The molecule has 198 valence electrons. The molecule has 0 bridgehead atoms. The summed E-state index contributed by atoms with van der Waals surface area (Å²) in [5.41, 5.74) is -2.05. The zero-order chi connectivity index (χ0) is 27.3. The Bertz CT molecular complexity index is 1600. The fraction of sp³-hybridized carbons (Fsp3) is 0.318. The van der Waals surface area contributed by atoms with Crippen LogP contribution in [0, 0.1) is 0 Å². The van der Waals surface area contributed by atoms with E-state index in [1.54, 1.807) is 0 Å². The number of alkyl halides is 7. The number of sulfone groups is 1. The van der Waals surface area contributed by atoms with Crippen molar-refractivity contribution >= 4 is 31.8 Å². The van der Waals surface area contributed by atoms with Crippen molar-refractivity contribution in [3.05, 3.63) is 42.2 Å². The van der Waals surface area contributed by atoms with Crippen molar-refractivity contribution in [2.75, 3.05) is 12.4 Å². The van der Waals surface area contributed by atoms with E-state index < -0.39 is 40.5 Å². The van der Waals surface area contributed by atoms with E-state index in [9.17, 15) is 39.2 Å². The van der Waals surface area contributed by atoms with Gasteiger partial charge >= 0.3 is 12.1 Å². The molecule has 0 unspecified atom stereocenters. The number of benzene rings is 1. The molecule has 4 rings (SSSR count). The fourth-order valence-electron chi connectivity index (χ4n) is 3.67. The van der Waals surface area contributed by atoms with Gasteiger partial charge in [0.25, 0.3) is 6.43 Å². The highest BCUT2D eigenvalue weighted by atomic mass is 32.2. The van der Waals surface area contributed by atoms with Crippen LogP contribution in [0.15, 0.2) is 41.6 Å². The lowest BCUT2D eigenvalue weighted by molar-refractivity contribution is -0.289. The maximum Gasteiger partial charge on any atom is 0.458 e. The summed E-state index contributed by atoms with van der Waals surface area (Å²) >= 11 is 0. The van der Waals surface area contributed by atoms with Gasteiger partial charge in [0.1, 0.15) is 28.5 Å². The SMILES string of the molecule is CCS(=O)(=O)c1c(-c2nc3cc(C(F)(F)C(F)(F)F)cnc3n2C)ncc2cc(OCC(F)F)ccc12. The molecule has 1 aromatic carbocycles. The largest absolute Gasteiger partial charge is 0.488 e. The van der Waals surface area contributed by atoms with Crippen LogP contribution in [-0.2, 0) is 22.8 Å². The average molecular weight is 550 g/mol. The van der Waals surface area contributed by atoms with Crippen LogP contribution < -0.4 is 4.74 Å². The summed E-state index contributed by atoms with van der Waals surface area (Å²) < 4.78 is 124. The zero-order valence-electron chi connectivity index (χ0n) is 19.0. The fourth-order valence-corrected chi connectivity index (χ4v) is 4.91. The summed E-state index contributed by atoms with van der Waals surface area (Å²) in [6.45, 7) is 0.499. The van der Waals surface area contributed by atoms with Gasteiger partial charge in [-0.05, 0) is 24.3 Å². The molecule has 15 heteroatoms. The summed E-state index contributed by atoms with van der Waals surface area (Å²) in [5.74, 6) is -5.66. The quantitative estimate of drug-likeness (QED) is 0.291. The molecule has 7 nitrogen and oxygen atoms in total. The van der Waals surface area contributed by atoms with Gasteiger partial charge in [-0.1, -0.05) is 6.92 Å². The van der Waals surface area contributed by atoms with Crippen LogP contribution in [0.1, 0.15) is 12.5 Å². The number of aromatic nitrogens is 4. The molecule has 0 N–H and O–H groups in total. The van der Waals surface area contributed by atoms with Crippen LogP contribution in [0.2, 0.25) is 0 Å². The van der Waals surface area contributed by atoms with Crippen molar-refractivity contribution in [2.45, 2.75) is 30.3 Å². The minimum atomic E-state index is -5.86. The van der Waals surface area contributed by atoms with Gasteiger partial charge in [-0.3, -0.25) is 4.98 Å². The number of hydrogen-bond donors (Lipinski definition) is 0. The second-order valence-electron chi connectivity index (χ2n) is 7.92. The summed E-state index contributed by atoms with van der Waals surface area (Å²) in [4.78, 5) is 11.7. The van der Waals surface area contributed by atoms with Crippen LogP contribution in [0.3, 0.4) is 0 Å². The third kappa shape index (κ3) is 4.67.